The van der Waals surface area contributed by atoms with Gasteiger partial charge in [0.15, 0.2) is 0 Å². The van der Waals surface area contributed by atoms with E-state index in [-0.39, 0.29) is 11.8 Å². The minimum Gasteiger partial charge on any atom is -0.383 e. The summed E-state index contributed by atoms with van der Waals surface area (Å²) in [6, 6.07) is 0. The lowest BCUT2D eigenvalue weighted by Crippen LogP contribution is -2.61. The molecule has 0 radical (unpaired) electrons. The van der Waals surface area contributed by atoms with Crippen LogP contribution < -0.4 is 5.32 Å². The van der Waals surface area contributed by atoms with Crippen LogP contribution in [0.4, 0.5) is 0 Å². The van der Waals surface area contributed by atoms with Crippen LogP contribution >= 0.6 is 11.8 Å². The number of thioether (sulfide) groups is 1. The lowest BCUT2D eigenvalue weighted by Gasteiger charge is -2.43. The van der Waals surface area contributed by atoms with Crippen LogP contribution in [0.15, 0.2) is 0 Å². The number of nitrogens with zero attached hydrogens (tertiary/aromatic N) is 1. The van der Waals surface area contributed by atoms with Crippen LogP contribution in [-0.4, -0.2) is 60.6 Å². The molecule has 0 aromatic heterocycles. The summed E-state index contributed by atoms with van der Waals surface area (Å²) in [7, 11) is 1.62. The van der Waals surface area contributed by atoms with Crippen molar-refractivity contribution in [3.05, 3.63) is 0 Å². The lowest BCUT2D eigenvalue weighted by atomic mass is 9.88. The highest BCUT2D eigenvalue weighted by atomic mass is 32.2. The molecule has 2 amide bonds. The van der Waals surface area contributed by atoms with Gasteiger partial charge in [-0.2, -0.15) is 11.8 Å². The molecule has 0 spiro atoms. The SMILES string of the molecule is COCCNC(=O)C1(N2C[C@@H](CC(C)C)CC2=O)CCSCC1. The van der Waals surface area contributed by atoms with Gasteiger partial charge < -0.3 is 15.0 Å². The lowest BCUT2D eigenvalue weighted by molar-refractivity contribution is -0.145. The second-order valence-corrected chi connectivity index (χ2v) is 8.32. The minimum absolute atomic E-state index is 0.00777. The topological polar surface area (TPSA) is 58.6 Å². The summed E-state index contributed by atoms with van der Waals surface area (Å²) in [4.78, 5) is 27.4. The Morgan fingerprint density at radius 2 is 2.13 bits per heavy atom. The van der Waals surface area contributed by atoms with E-state index in [4.69, 9.17) is 4.74 Å². The van der Waals surface area contributed by atoms with Crippen LogP contribution in [0.25, 0.3) is 0 Å². The van der Waals surface area contributed by atoms with Crippen molar-refractivity contribution in [1.82, 2.24) is 10.2 Å². The average molecular weight is 343 g/mol. The minimum atomic E-state index is -0.637. The molecule has 132 valence electrons. The van der Waals surface area contributed by atoms with E-state index in [0.717, 1.165) is 37.3 Å². The van der Waals surface area contributed by atoms with Crippen LogP contribution in [0.1, 0.15) is 39.5 Å². The molecule has 2 fully saturated rings. The first-order valence-corrected chi connectivity index (χ1v) is 9.80. The molecular formula is C17H30N2O3S. The monoisotopic (exact) mass is 342 g/mol. The number of hydrogen-bond acceptors (Lipinski definition) is 4. The van der Waals surface area contributed by atoms with Crippen molar-refractivity contribution < 1.29 is 14.3 Å². The van der Waals surface area contributed by atoms with Crippen LogP contribution in [0.5, 0.6) is 0 Å². The van der Waals surface area contributed by atoms with Gasteiger partial charge in [-0.05, 0) is 42.6 Å². The van der Waals surface area contributed by atoms with Crippen molar-refractivity contribution in [3.63, 3.8) is 0 Å². The van der Waals surface area contributed by atoms with Crippen molar-refractivity contribution in [2.45, 2.75) is 45.1 Å². The van der Waals surface area contributed by atoms with Gasteiger partial charge in [0.05, 0.1) is 6.61 Å². The Kier molecular flexibility index (Phi) is 6.77. The zero-order valence-electron chi connectivity index (χ0n) is 14.6. The summed E-state index contributed by atoms with van der Waals surface area (Å²) in [6.07, 6.45) is 3.17. The summed E-state index contributed by atoms with van der Waals surface area (Å²) in [6.45, 7) is 6.12. The van der Waals surface area contributed by atoms with Gasteiger partial charge >= 0.3 is 0 Å². The van der Waals surface area contributed by atoms with Gasteiger partial charge in [-0.1, -0.05) is 13.8 Å². The molecule has 5 nitrogen and oxygen atoms in total. The number of likely N-dealkylation sites (tertiary alicyclic amines) is 1. The van der Waals surface area contributed by atoms with E-state index in [1.54, 1.807) is 7.11 Å². The highest BCUT2D eigenvalue weighted by Crippen LogP contribution is 2.38. The van der Waals surface area contributed by atoms with Crippen LogP contribution in [0.3, 0.4) is 0 Å². The zero-order valence-corrected chi connectivity index (χ0v) is 15.4. The molecule has 0 aromatic carbocycles. The van der Waals surface area contributed by atoms with Gasteiger partial charge in [-0.15, -0.1) is 0 Å². The fraction of sp³-hybridized carbons (Fsp3) is 0.882. The molecular weight excluding hydrogens is 312 g/mol. The fourth-order valence-corrected chi connectivity index (χ4v) is 4.95. The van der Waals surface area contributed by atoms with Crippen molar-refractivity contribution in [1.29, 1.82) is 0 Å². The summed E-state index contributed by atoms with van der Waals surface area (Å²) in [5.74, 6) is 3.02. The van der Waals surface area contributed by atoms with Gasteiger partial charge in [-0.3, -0.25) is 9.59 Å². The Hall–Kier alpha value is -0.750. The number of ether oxygens (including phenoxy) is 1. The Bertz CT molecular complexity index is 422. The highest BCUT2D eigenvalue weighted by molar-refractivity contribution is 7.99. The van der Waals surface area contributed by atoms with E-state index in [9.17, 15) is 9.59 Å². The van der Waals surface area contributed by atoms with Crippen LogP contribution in [0, 0.1) is 11.8 Å². The second kappa shape index (κ2) is 8.38. The van der Waals surface area contributed by atoms with E-state index in [2.05, 4.69) is 19.2 Å². The molecule has 0 unspecified atom stereocenters. The van der Waals surface area contributed by atoms with Crippen molar-refractivity contribution >= 4 is 23.6 Å². The van der Waals surface area contributed by atoms with Gasteiger partial charge in [0.1, 0.15) is 5.54 Å². The molecule has 2 aliphatic heterocycles. The third-order valence-corrected chi connectivity index (χ3v) is 5.85. The maximum absolute atomic E-state index is 12.9. The number of rotatable bonds is 7. The van der Waals surface area contributed by atoms with Crippen LogP contribution in [0.2, 0.25) is 0 Å². The fourth-order valence-electron chi connectivity index (χ4n) is 3.78. The van der Waals surface area contributed by atoms with Crippen molar-refractivity contribution in [2.75, 3.05) is 38.3 Å². The van der Waals surface area contributed by atoms with E-state index in [1.807, 2.05) is 16.7 Å². The molecule has 2 saturated heterocycles. The predicted molar refractivity (Wildman–Crippen MR) is 93.5 cm³/mol. The first-order valence-electron chi connectivity index (χ1n) is 8.65. The molecule has 1 N–H and O–H groups in total. The highest BCUT2D eigenvalue weighted by Gasteiger charge is 2.50. The van der Waals surface area contributed by atoms with Gasteiger partial charge in [-0.25, -0.2) is 0 Å². The Labute approximate surface area is 143 Å². The summed E-state index contributed by atoms with van der Waals surface area (Å²) >= 11 is 1.87. The first-order chi connectivity index (χ1) is 11.0. The quantitative estimate of drug-likeness (QED) is 0.718. The van der Waals surface area contributed by atoms with Crippen molar-refractivity contribution in [2.24, 2.45) is 11.8 Å². The maximum atomic E-state index is 12.9. The molecule has 2 rings (SSSR count). The van der Waals surface area contributed by atoms with E-state index in [1.165, 1.54) is 0 Å². The predicted octanol–water partition coefficient (Wildman–Crippen LogP) is 1.91. The molecule has 0 aromatic rings. The van der Waals surface area contributed by atoms with E-state index >= 15 is 0 Å². The number of methoxy groups -OCH3 is 1. The molecule has 23 heavy (non-hydrogen) atoms. The normalized spacial score (nSPS) is 24.3. The van der Waals surface area contributed by atoms with Gasteiger partial charge in [0, 0.05) is 26.6 Å². The van der Waals surface area contributed by atoms with Gasteiger partial charge in [0.25, 0.3) is 0 Å². The zero-order chi connectivity index (χ0) is 16.9. The third-order valence-electron chi connectivity index (χ3n) is 4.86. The Morgan fingerprint density at radius 3 is 2.74 bits per heavy atom. The number of hydrogen-bond donors (Lipinski definition) is 1. The number of carbonyl (C=O) groups excluding carboxylic acids is 2. The maximum Gasteiger partial charge on any atom is 0.246 e. The molecule has 0 aliphatic carbocycles. The summed E-state index contributed by atoms with van der Waals surface area (Å²) in [5.41, 5.74) is -0.637. The number of nitrogens with one attached hydrogen (secondary N) is 1. The largest absolute Gasteiger partial charge is 0.383 e. The third kappa shape index (κ3) is 4.41. The smallest absolute Gasteiger partial charge is 0.246 e. The molecule has 0 bridgehead atoms. The average Bonchev–Trinajstić information content (AvgIpc) is 2.88. The van der Waals surface area contributed by atoms with Crippen molar-refractivity contribution in [3.8, 4) is 0 Å². The van der Waals surface area contributed by atoms with Gasteiger partial charge in [0.2, 0.25) is 11.8 Å². The second-order valence-electron chi connectivity index (χ2n) is 7.10. The first kappa shape index (κ1) is 18.6. The van der Waals surface area contributed by atoms with E-state index in [0.29, 0.717) is 31.4 Å². The summed E-state index contributed by atoms with van der Waals surface area (Å²) in [5, 5.41) is 2.98. The Balaban J connectivity index is 2.11. The molecule has 2 aliphatic rings. The summed E-state index contributed by atoms with van der Waals surface area (Å²) < 4.78 is 5.02. The van der Waals surface area contributed by atoms with Crippen LogP contribution in [-0.2, 0) is 14.3 Å². The standard InChI is InChI=1S/C17H30N2O3S/c1-13(2)10-14-11-15(20)19(12-14)17(4-8-23-9-5-17)16(21)18-6-7-22-3/h13-14H,4-12H2,1-3H3,(H,18,21)/t14-/m0/s1. The molecule has 1 atom stereocenters. The molecule has 6 heteroatoms. The number of amides is 2. The molecule has 2 heterocycles. The number of carbonyl (C=O) groups is 2. The Morgan fingerprint density at radius 1 is 1.43 bits per heavy atom. The molecule has 0 saturated carbocycles. The van der Waals surface area contributed by atoms with E-state index < -0.39 is 5.54 Å².